The molecule has 0 radical (unpaired) electrons. The third kappa shape index (κ3) is 4.22. The van der Waals surface area contributed by atoms with Crippen molar-refractivity contribution in [3.63, 3.8) is 0 Å². The molecule has 2 heterocycles. The number of nitrogens with zero attached hydrogens (tertiary/aromatic N) is 4. The number of amides is 2. The van der Waals surface area contributed by atoms with Crippen LogP contribution in [0.15, 0.2) is 0 Å². The van der Waals surface area contributed by atoms with Gasteiger partial charge in [0, 0.05) is 51.1 Å². The third-order valence-corrected chi connectivity index (χ3v) is 4.66. The SMILES string of the molecule is CC(C)N(CCNC(=O)NCCc1nnc2n1CCC2)C1CC1. The summed E-state index contributed by atoms with van der Waals surface area (Å²) in [7, 11) is 0. The topological polar surface area (TPSA) is 75.1 Å². The van der Waals surface area contributed by atoms with E-state index in [4.69, 9.17) is 0 Å². The van der Waals surface area contributed by atoms with Gasteiger partial charge >= 0.3 is 6.03 Å². The molecule has 3 rings (SSSR count). The first-order valence-corrected chi connectivity index (χ1v) is 8.83. The van der Waals surface area contributed by atoms with Gasteiger partial charge in [-0.25, -0.2) is 4.79 Å². The lowest BCUT2D eigenvalue weighted by Gasteiger charge is -2.26. The minimum absolute atomic E-state index is 0.0920. The molecule has 1 aliphatic carbocycles. The molecule has 1 aromatic rings. The predicted molar refractivity (Wildman–Crippen MR) is 88.3 cm³/mol. The minimum atomic E-state index is -0.0920. The molecule has 1 aliphatic heterocycles. The standard InChI is InChI=1S/C16H28N6O/c1-12(2)21(13-5-6-13)11-9-18-16(23)17-8-7-15-20-19-14-4-3-10-22(14)15/h12-13H,3-11H2,1-2H3,(H2,17,18,23). The molecule has 0 bridgehead atoms. The van der Waals surface area contributed by atoms with E-state index in [1.165, 1.54) is 12.8 Å². The maximum Gasteiger partial charge on any atom is 0.314 e. The molecule has 7 nitrogen and oxygen atoms in total. The first-order chi connectivity index (χ1) is 11.1. The fraction of sp³-hybridized carbons (Fsp3) is 0.812. The molecule has 0 atom stereocenters. The second-order valence-electron chi connectivity index (χ2n) is 6.78. The molecule has 2 aliphatic rings. The summed E-state index contributed by atoms with van der Waals surface area (Å²) < 4.78 is 2.18. The fourth-order valence-corrected chi connectivity index (χ4v) is 3.31. The van der Waals surface area contributed by atoms with Gasteiger partial charge in [0.05, 0.1) is 0 Å². The lowest BCUT2D eigenvalue weighted by Crippen LogP contribution is -2.43. The molecule has 7 heteroatoms. The Morgan fingerprint density at radius 2 is 2.09 bits per heavy atom. The van der Waals surface area contributed by atoms with Gasteiger partial charge in [0.2, 0.25) is 0 Å². The molecule has 128 valence electrons. The number of urea groups is 1. The van der Waals surface area contributed by atoms with Crippen molar-refractivity contribution in [3.8, 4) is 0 Å². The summed E-state index contributed by atoms with van der Waals surface area (Å²) in [5, 5.41) is 14.2. The summed E-state index contributed by atoms with van der Waals surface area (Å²) in [5.74, 6) is 2.07. The Hall–Kier alpha value is -1.63. The van der Waals surface area contributed by atoms with Crippen molar-refractivity contribution in [2.75, 3.05) is 19.6 Å². The first kappa shape index (κ1) is 16.2. The molecule has 2 N–H and O–H groups in total. The van der Waals surface area contributed by atoms with E-state index in [2.05, 4.69) is 44.1 Å². The molecule has 0 spiro atoms. The van der Waals surface area contributed by atoms with Crippen LogP contribution in [0.2, 0.25) is 0 Å². The average molecular weight is 320 g/mol. The normalized spacial score (nSPS) is 16.9. The number of nitrogens with one attached hydrogen (secondary N) is 2. The van der Waals surface area contributed by atoms with Crippen LogP contribution >= 0.6 is 0 Å². The van der Waals surface area contributed by atoms with Crippen molar-refractivity contribution in [1.82, 2.24) is 30.3 Å². The molecule has 1 saturated carbocycles. The summed E-state index contributed by atoms with van der Waals surface area (Å²) in [5.41, 5.74) is 0. The second-order valence-corrected chi connectivity index (χ2v) is 6.78. The van der Waals surface area contributed by atoms with Crippen molar-refractivity contribution in [2.45, 2.75) is 64.6 Å². The van der Waals surface area contributed by atoms with E-state index in [9.17, 15) is 4.79 Å². The van der Waals surface area contributed by atoms with E-state index < -0.39 is 0 Å². The van der Waals surface area contributed by atoms with E-state index in [0.29, 0.717) is 19.1 Å². The van der Waals surface area contributed by atoms with Crippen LogP contribution < -0.4 is 10.6 Å². The predicted octanol–water partition coefficient (Wildman–Crippen LogP) is 0.939. The number of hydrogen-bond acceptors (Lipinski definition) is 4. The highest BCUT2D eigenvalue weighted by molar-refractivity contribution is 5.73. The summed E-state index contributed by atoms with van der Waals surface area (Å²) in [6.45, 7) is 7.66. The minimum Gasteiger partial charge on any atom is -0.338 e. The Morgan fingerprint density at radius 3 is 2.83 bits per heavy atom. The average Bonchev–Trinajstić information content (AvgIpc) is 3.10. The lowest BCUT2D eigenvalue weighted by molar-refractivity contribution is 0.207. The van der Waals surface area contributed by atoms with Gasteiger partial charge in [0.1, 0.15) is 11.6 Å². The van der Waals surface area contributed by atoms with Crippen molar-refractivity contribution in [2.24, 2.45) is 0 Å². The van der Waals surface area contributed by atoms with Crippen molar-refractivity contribution in [3.05, 3.63) is 11.6 Å². The molecular formula is C16H28N6O. The monoisotopic (exact) mass is 320 g/mol. The van der Waals surface area contributed by atoms with Gasteiger partial charge in [-0.15, -0.1) is 10.2 Å². The summed E-state index contributed by atoms with van der Waals surface area (Å²) in [6, 6.07) is 1.18. The van der Waals surface area contributed by atoms with E-state index in [-0.39, 0.29) is 6.03 Å². The number of rotatable bonds is 8. The molecule has 0 unspecified atom stereocenters. The van der Waals surface area contributed by atoms with Crippen LogP contribution in [0.4, 0.5) is 4.79 Å². The van der Waals surface area contributed by atoms with E-state index in [1.807, 2.05) is 0 Å². The van der Waals surface area contributed by atoms with Gasteiger partial charge in [-0.2, -0.15) is 0 Å². The molecule has 1 fully saturated rings. The Bertz CT molecular complexity index is 535. The molecule has 2 amide bonds. The molecule has 0 aromatic carbocycles. The highest BCUT2D eigenvalue weighted by Crippen LogP contribution is 2.27. The number of fused-ring (bicyclic) bond motifs is 1. The van der Waals surface area contributed by atoms with Gasteiger partial charge in [-0.1, -0.05) is 0 Å². The van der Waals surface area contributed by atoms with Crippen LogP contribution in [0.3, 0.4) is 0 Å². The Kier molecular flexibility index (Phi) is 5.15. The molecule has 1 aromatic heterocycles. The van der Waals surface area contributed by atoms with E-state index >= 15 is 0 Å². The Labute approximate surface area is 137 Å². The maximum absolute atomic E-state index is 11.9. The lowest BCUT2D eigenvalue weighted by atomic mass is 10.3. The van der Waals surface area contributed by atoms with Gasteiger partial charge in [0.25, 0.3) is 0 Å². The van der Waals surface area contributed by atoms with Crippen LogP contribution in [-0.2, 0) is 19.4 Å². The van der Waals surface area contributed by atoms with Crippen LogP contribution in [0.1, 0.15) is 44.8 Å². The fourth-order valence-electron chi connectivity index (χ4n) is 3.31. The van der Waals surface area contributed by atoms with Gasteiger partial charge in [-0.05, 0) is 33.1 Å². The number of aromatic nitrogens is 3. The van der Waals surface area contributed by atoms with Crippen molar-refractivity contribution >= 4 is 6.03 Å². The number of carbonyl (C=O) groups is 1. The zero-order valence-corrected chi connectivity index (χ0v) is 14.2. The zero-order valence-electron chi connectivity index (χ0n) is 14.2. The van der Waals surface area contributed by atoms with Crippen LogP contribution in [-0.4, -0.2) is 57.4 Å². The van der Waals surface area contributed by atoms with Crippen LogP contribution in [0, 0.1) is 0 Å². The van der Waals surface area contributed by atoms with Crippen LogP contribution in [0.5, 0.6) is 0 Å². The Morgan fingerprint density at radius 1 is 1.30 bits per heavy atom. The summed E-state index contributed by atoms with van der Waals surface area (Å²) in [6.07, 6.45) is 5.51. The zero-order chi connectivity index (χ0) is 16.2. The smallest absolute Gasteiger partial charge is 0.314 e. The third-order valence-electron chi connectivity index (χ3n) is 4.66. The van der Waals surface area contributed by atoms with Crippen LogP contribution in [0.25, 0.3) is 0 Å². The van der Waals surface area contributed by atoms with Gasteiger partial charge in [-0.3, -0.25) is 4.90 Å². The van der Waals surface area contributed by atoms with E-state index in [1.54, 1.807) is 0 Å². The van der Waals surface area contributed by atoms with Gasteiger partial charge in [0.15, 0.2) is 0 Å². The largest absolute Gasteiger partial charge is 0.338 e. The highest BCUT2D eigenvalue weighted by Gasteiger charge is 2.30. The first-order valence-electron chi connectivity index (χ1n) is 8.83. The Balaban J connectivity index is 1.32. The van der Waals surface area contributed by atoms with Gasteiger partial charge < -0.3 is 15.2 Å². The second kappa shape index (κ2) is 7.29. The summed E-state index contributed by atoms with van der Waals surface area (Å²) in [4.78, 5) is 14.3. The molecule has 23 heavy (non-hydrogen) atoms. The summed E-state index contributed by atoms with van der Waals surface area (Å²) >= 11 is 0. The number of hydrogen-bond donors (Lipinski definition) is 2. The quantitative estimate of drug-likeness (QED) is 0.747. The molecular weight excluding hydrogens is 292 g/mol. The highest BCUT2D eigenvalue weighted by atomic mass is 16.2. The van der Waals surface area contributed by atoms with Crippen molar-refractivity contribution in [1.29, 1.82) is 0 Å². The van der Waals surface area contributed by atoms with E-state index in [0.717, 1.165) is 50.0 Å². The number of aryl methyl sites for hydroxylation is 1. The van der Waals surface area contributed by atoms with Crippen molar-refractivity contribution < 1.29 is 4.79 Å². The maximum atomic E-state index is 11.9. The molecule has 0 saturated heterocycles. The number of carbonyl (C=O) groups excluding carboxylic acids is 1.